The number of nitro benzene ring substituents is 1. The Kier molecular flexibility index (Phi) is 2.67. The van der Waals surface area contributed by atoms with Crippen molar-refractivity contribution >= 4 is 27.2 Å². The number of nitrogens with zero attached hydrogens (tertiary/aromatic N) is 1. The molecule has 0 heterocycles. The first-order valence-corrected chi connectivity index (χ1v) is 7.36. The number of aryl methyl sites for hydroxylation is 1. The van der Waals surface area contributed by atoms with E-state index in [0.29, 0.717) is 5.69 Å². The number of nitro groups is 1. The predicted octanol–water partition coefficient (Wildman–Crippen LogP) is 4.78. The highest BCUT2D eigenvalue weighted by Crippen LogP contribution is 2.38. The molecule has 3 aromatic carbocycles. The predicted molar refractivity (Wildman–Crippen MR) is 84.8 cm³/mol. The minimum absolute atomic E-state index is 0.217. The van der Waals surface area contributed by atoms with E-state index in [4.69, 9.17) is 0 Å². The van der Waals surface area contributed by atoms with Gasteiger partial charge in [-0.05, 0) is 52.8 Å². The van der Waals surface area contributed by atoms with Gasteiger partial charge in [-0.3, -0.25) is 10.1 Å². The van der Waals surface area contributed by atoms with Crippen LogP contribution in [0.3, 0.4) is 0 Å². The summed E-state index contributed by atoms with van der Waals surface area (Å²) < 4.78 is 0. The van der Waals surface area contributed by atoms with E-state index in [2.05, 4.69) is 24.3 Å². The summed E-state index contributed by atoms with van der Waals surface area (Å²) in [5, 5.41) is 15.9. The molecule has 4 rings (SSSR count). The number of fused-ring (bicyclic) bond motifs is 5. The molecule has 0 radical (unpaired) electrons. The molecule has 0 saturated heterocycles. The molecule has 104 valence electrons. The number of rotatable bonds is 1. The van der Waals surface area contributed by atoms with E-state index < -0.39 is 0 Å². The Morgan fingerprint density at radius 3 is 2.43 bits per heavy atom. The van der Waals surface area contributed by atoms with E-state index in [1.165, 1.54) is 10.9 Å². The zero-order valence-electron chi connectivity index (χ0n) is 11.6. The summed E-state index contributed by atoms with van der Waals surface area (Å²) in [6, 6.07) is 14.1. The van der Waals surface area contributed by atoms with Crippen LogP contribution in [0.4, 0.5) is 5.69 Å². The second-order valence-electron chi connectivity index (χ2n) is 5.70. The maximum Gasteiger partial charge on any atom is 0.273 e. The van der Waals surface area contributed by atoms with Gasteiger partial charge >= 0.3 is 0 Å². The fraction of sp³-hybridized carbons (Fsp3) is 0.222. The van der Waals surface area contributed by atoms with Gasteiger partial charge in [0, 0.05) is 11.6 Å². The van der Waals surface area contributed by atoms with Gasteiger partial charge in [-0.25, -0.2) is 0 Å². The van der Waals surface area contributed by atoms with Gasteiger partial charge in [0.2, 0.25) is 0 Å². The Morgan fingerprint density at radius 1 is 0.857 bits per heavy atom. The minimum atomic E-state index is -0.217. The van der Waals surface area contributed by atoms with Crippen LogP contribution in [0.5, 0.6) is 0 Å². The maximum absolute atomic E-state index is 11.5. The van der Waals surface area contributed by atoms with E-state index in [1.54, 1.807) is 6.07 Å². The lowest BCUT2D eigenvalue weighted by atomic mass is 9.85. The lowest BCUT2D eigenvalue weighted by molar-refractivity contribution is -0.385. The Labute approximate surface area is 122 Å². The molecule has 0 unspecified atom stereocenters. The largest absolute Gasteiger partial charge is 0.273 e. The normalized spacial score (nSPS) is 14.3. The van der Waals surface area contributed by atoms with E-state index in [0.717, 1.165) is 47.4 Å². The topological polar surface area (TPSA) is 43.1 Å². The lowest BCUT2D eigenvalue weighted by Gasteiger charge is -2.19. The van der Waals surface area contributed by atoms with Gasteiger partial charge in [0.25, 0.3) is 5.69 Å². The van der Waals surface area contributed by atoms with Crippen LogP contribution in [0.2, 0.25) is 0 Å². The highest BCUT2D eigenvalue weighted by Gasteiger charge is 2.23. The molecule has 3 nitrogen and oxygen atoms in total. The molecule has 3 heteroatoms. The molecule has 0 saturated carbocycles. The fourth-order valence-corrected chi connectivity index (χ4v) is 3.59. The Hall–Kier alpha value is -2.42. The van der Waals surface area contributed by atoms with Crippen molar-refractivity contribution in [1.82, 2.24) is 0 Å². The molecule has 0 amide bonds. The first-order chi connectivity index (χ1) is 10.3. The second kappa shape index (κ2) is 4.55. The van der Waals surface area contributed by atoms with Crippen molar-refractivity contribution in [2.45, 2.75) is 25.7 Å². The molecule has 0 fully saturated rings. The van der Waals surface area contributed by atoms with Gasteiger partial charge in [0.05, 0.1) is 4.92 Å². The molecule has 0 aromatic heterocycles. The molecule has 0 spiro atoms. The standard InChI is InChI=1S/C18H15NO2/c20-19(21)18-11-17-13-6-2-1-5-12(13)9-10-15(17)14-7-3-4-8-16(14)18/h1-2,5-6,9-11H,3-4,7-8H2. The summed E-state index contributed by atoms with van der Waals surface area (Å²) in [7, 11) is 0. The van der Waals surface area contributed by atoms with Crippen molar-refractivity contribution < 1.29 is 4.92 Å². The van der Waals surface area contributed by atoms with Gasteiger partial charge in [-0.15, -0.1) is 0 Å². The van der Waals surface area contributed by atoms with Crippen LogP contribution in [0, 0.1) is 10.1 Å². The lowest BCUT2D eigenvalue weighted by Crippen LogP contribution is -2.07. The van der Waals surface area contributed by atoms with Crippen LogP contribution >= 0.6 is 0 Å². The van der Waals surface area contributed by atoms with Gasteiger partial charge in [-0.1, -0.05) is 36.4 Å². The summed E-state index contributed by atoms with van der Waals surface area (Å²) in [6.07, 6.45) is 3.95. The third kappa shape index (κ3) is 1.81. The molecule has 3 aromatic rings. The van der Waals surface area contributed by atoms with Crippen LogP contribution < -0.4 is 0 Å². The van der Waals surface area contributed by atoms with Crippen molar-refractivity contribution in [2.24, 2.45) is 0 Å². The molecular formula is C18H15NO2. The third-order valence-electron chi connectivity index (χ3n) is 4.55. The second-order valence-corrected chi connectivity index (χ2v) is 5.70. The van der Waals surface area contributed by atoms with Gasteiger partial charge < -0.3 is 0 Å². The SMILES string of the molecule is O=[N+]([O-])c1cc2c(ccc3ccccc32)c2c1CCCC2. The molecular weight excluding hydrogens is 262 g/mol. The first-order valence-electron chi connectivity index (χ1n) is 7.36. The zero-order valence-corrected chi connectivity index (χ0v) is 11.6. The van der Waals surface area contributed by atoms with Gasteiger partial charge in [0.1, 0.15) is 0 Å². The van der Waals surface area contributed by atoms with Gasteiger partial charge in [0.15, 0.2) is 0 Å². The molecule has 0 aliphatic heterocycles. The summed E-state index contributed by atoms with van der Waals surface area (Å²) in [5.74, 6) is 0. The summed E-state index contributed by atoms with van der Waals surface area (Å²) in [5.41, 5.74) is 2.44. The molecule has 0 bridgehead atoms. The van der Waals surface area contributed by atoms with Gasteiger partial charge in [-0.2, -0.15) is 0 Å². The van der Waals surface area contributed by atoms with E-state index in [-0.39, 0.29) is 4.92 Å². The van der Waals surface area contributed by atoms with Crippen molar-refractivity contribution in [1.29, 1.82) is 0 Å². The molecule has 0 N–H and O–H groups in total. The third-order valence-corrected chi connectivity index (χ3v) is 4.55. The maximum atomic E-state index is 11.5. The minimum Gasteiger partial charge on any atom is -0.258 e. The Morgan fingerprint density at radius 2 is 1.62 bits per heavy atom. The number of hydrogen-bond donors (Lipinski definition) is 0. The van der Waals surface area contributed by atoms with E-state index >= 15 is 0 Å². The van der Waals surface area contributed by atoms with Crippen molar-refractivity contribution in [3.05, 3.63) is 63.7 Å². The van der Waals surface area contributed by atoms with Crippen molar-refractivity contribution in [2.75, 3.05) is 0 Å². The van der Waals surface area contributed by atoms with Crippen molar-refractivity contribution in [3.63, 3.8) is 0 Å². The average molecular weight is 277 g/mol. The summed E-state index contributed by atoms with van der Waals surface area (Å²) in [4.78, 5) is 11.2. The van der Waals surface area contributed by atoms with Crippen molar-refractivity contribution in [3.8, 4) is 0 Å². The molecule has 0 atom stereocenters. The highest BCUT2D eigenvalue weighted by atomic mass is 16.6. The fourth-order valence-electron chi connectivity index (χ4n) is 3.59. The smallest absolute Gasteiger partial charge is 0.258 e. The number of benzene rings is 3. The monoisotopic (exact) mass is 277 g/mol. The Balaban J connectivity index is 2.19. The number of hydrogen-bond acceptors (Lipinski definition) is 2. The van der Waals surface area contributed by atoms with Crippen LogP contribution in [-0.2, 0) is 12.8 Å². The van der Waals surface area contributed by atoms with E-state index in [1.807, 2.05) is 12.1 Å². The summed E-state index contributed by atoms with van der Waals surface area (Å²) in [6.45, 7) is 0. The van der Waals surface area contributed by atoms with Crippen LogP contribution in [0.1, 0.15) is 24.0 Å². The quantitative estimate of drug-likeness (QED) is 0.365. The zero-order chi connectivity index (χ0) is 14.4. The Bertz CT molecular complexity index is 883. The molecule has 1 aliphatic rings. The molecule has 1 aliphatic carbocycles. The van der Waals surface area contributed by atoms with Crippen LogP contribution in [-0.4, -0.2) is 4.92 Å². The average Bonchev–Trinajstić information content (AvgIpc) is 2.53. The van der Waals surface area contributed by atoms with Crippen LogP contribution in [0.25, 0.3) is 21.5 Å². The van der Waals surface area contributed by atoms with E-state index in [9.17, 15) is 10.1 Å². The van der Waals surface area contributed by atoms with Crippen LogP contribution in [0.15, 0.2) is 42.5 Å². The highest BCUT2D eigenvalue weighted by molar-refractivity contribution is 6.09. The summed E-state index contributed by atoms with van der Waals surface area (Å²) >= 11 is 0. The first kappa shape index (κ1) is 12.3. The molecule has 21 heavy (non-hydrogen) atoms.